The SMILES string of the molecule is CC(=O)NCC(=O)N1CC[C@@H](c2ccnc(-c3ccncc3)c2)C1. The van der Waals surface area contributed by atoms with Crippen LogP contribution in [0.2, 0.25) is 0 Å². The molecule has 1 atom stereocenters. The van der Waals surface area contributed by atoms with Gasteiger partial charge in [0.25, 0.3) is 0 Å². The van der Waals surface area contributed by atoms with Gasteiger partial charge in [-0.1, -0.05) is 0 Å². The number of nitrogens with zero attached hydrogens (tertiary/aromatic N) is 3. The molecule has 0 spiro atoms. The van der Waals surface area contributed by atoms with Crippen molar-refractivity contribution in [3.8, 4) is 11.3 Å². The van der Waals surface area contributed by atoms with Crippen molar-refractivity contribution in [1.29, 1.82) is 0 Å². The molecule has 0 saturated carbocycles. The van der Waals surface area contributed by atoms with E-state index in [0.29, 0.717) is 12.5 Å². The number of nitrogens with one attached hydrogen (secondary N) is 1. The molecule has 2 aromatic rings. The maximum absolute atomic E-state index is 12.1. The molecular weight excluding hydrogens is 304 g/mol. The Hall–Kier alpha value is -2.76. The Morgan fingerprint density at radius 2 is 2.04 bits per heavy atom. The monoisotopic (exact) mass is 324 g/mol. The summed E-state index contributed by atoms with van der Waals surface area (Å²) in [6, 6.07) is 7.97. The molecule has 0 unspecified atom stereocenters. The van der Waals surface area contributed by atoms with Crippen molar-refractivity contribution in [1.82, 2.24) is 20.2 Å². The normalized spacial score (nSPS) is 16.9. The molecule has 6 heteroatoms. The second-order valence-corrected chi connectivity index (χ2v) is 5.95. The lowest BCUT2D eigenvalue weighted by Crippen LogP contribution is -2.38. The van der Waals surface area contributed by atoms with E-state index in [9.17, 15) is 9.59 Å². The highest BCUT2D eigenvalue weighted by Crippen LogP contribution is 2.29. The van der Waals surface area contributed by atoms with Crippen molar-refractivity contribution < 1.29 is 9.59 Å². The molecule has 3 rings (SSSR count). The maximum atomic E-state index is 12.1. The molecule has 6 nitrogen and oxygen atoms in total. The van der Waals surface area contributed by atoms with E-state index in [2.05, 4.69) is 21.4 Å². The lowest BCUT2D eigenvalue weighted by atomic mass is 9.98. The van der Waals surface area contributed by atoms with Crippen molar-refractivity contribution >= 4 is 11.8 Å². The predicted octanol–water partition coefficient (Wildman–Crippen LogP) is 1.60. The van der Waals surface area contributed by atoms with Crippen LogP contribution in [0, 0.1) is 0 Å². The van der Waals surface area contributed by atoms with Gasteiger partial charge in [0.1, 0.15) is 0 Å². The van der Waals surface area contributed by atoms with E-state index in [1.807, 2.05) is 29.3 Å². The summed E-state index contributed by atoms with van der Waals surface area (Å²) in [6.07, 6.45) is 6.24. The minimum absolute atomic E-state index is 0.0314. The second-order valence-electron chi connectivity index (χ2n) is 5.95. The molecule has 3 heterocycles. The number of carbonyl (C=O) groups is 2. The van der Waals surface area contributed by atoms with Gasteiger partial charge in [0.15, 0.2) is 0 Å². The van der Waals surface area contributed by atoms with Gasteiger partial charge < -0.3 is 10.2 Å². The molecular formula is C18H20N4O2. The zero-order chi connectivity index (χ0) is 16.9. The van der Waals surface area contributed by atoms with Crippen molar-refractivity contribution in [2.45, 2.75) is 19.3 Å². The summed E-state index contributed by atoms with van der Waals surface area (Å²) >= 11 is 0. The molecule has 0 aliphatic carbocycles. The minimum Gasteiger partial charge on any atom is -0.347 e. The highest BCUT2D eigenvalue weighted by Gasteiger charge is 2.27. The summed E-state index contributed by atoms with van der Waals surface area (Å²) in [5.74, 6) is 0.0844. The largest absolute Gasteiger partial charge is 0.347 e. The van der Waals surface area contributed by atoms with E-state index < -0.39 is 0 Å². The molecule has 1 aliphatic heterocycles. The maximum Gasteiger partial charge on any atom is 0.241 e. The summed E-state index contributed by atoms with van der Waals surface area (Å²) in [5.41, 5.74) is 3.13. The van der Waals surface area contributed by atoms with Gasteiger partial charge in [0.05, 0.1) is 12.2 Å². The summed E-state index contributed by atoms with van der Waals surface area (Å²) in [7, 11) is 0. The summed E-state index contributed by atoms with van der Waals surface area (Å²) in [5, 5.41) is 2.56. The Morgan fingerprint density at radius 3 is 2.79 bits per heavy atom. The Morgan fingerprint density at radius 1 is 1.25 bits per heavy atom. The fourth-order valence-corrected chi connectivity index (χ4v) is 2.95. The van der Waals surface area contributed by atoms with E-state index in [-0.39, 0.29) is 18.4 Å². The van der Waals surface area contributed by atoms with Crippen molar-refractivity contribution in [2.75, 3.05) is 19.6 Å². The molecule has 1 fully saturated rings. The van der Waals surface area contributed by atoms with Gasteiger partial charge in [-0.3, -0.25) is 19.6 Å². The van der Waals surface area contributed by atoms with E-state index >= 15 is 0 Å². The van der Waals surface area contributed by atoms with E-state index in [1.54, 1.807) is 12.4 Å². The number of carbonyl (C=O) groups excluding carboxylic acids is 2. The minimum atomic E-state index is -0.185. The predicted molar refractivity (Wildman–Crippen MR) is 90.1 cm³/mol. The highest BCUT2D eigenvalue weighted by molar-refractivity contribution is 5.83. The van der Waals surface area contributed by atoms with Crippen LogP contribution in [0.4, 0.5) is 0 Å². The fourth-order valence-electron chi connectivity index (χ4n) is 2.95. The third kappa shape index (κ3) is 3.76. The number of rotatable bonds is 4. The van der Waals surface area contributed by atoms with Gasteiger partial charge in [-0.2, -0.15) is 0 Å². The topological polar surface area (TPSA) is 75.2 Å². The number of hydrogen-bond acceptors (Lipinski definition) is 4. The van der Waals surface area contributed by atoms with Gasteiger partial charge in [-0.05, 0) is 36.2 Å². The smallest absolute Gasteiger partial charge is 0.241 e. The highest BCUT2D eigenvalue weighted by atomic mass is 16.2. The first-order valence-corrected chi connectivity index (χ1v) is 8.02. The van der Waals surface area contributed by atoms with Gasteiger partial charge >= 0.3 is 0 Å². The molecule has 124 valence electrons. The van der Waals surface area contributed by atoms with Crippen LogP contribution in [0.15, 0.2) is 42.9 Å². The first-order valence-electron chi connectivity index (χ1n) is 8.02. The van der Waals surface area contributed by atoms with Crippen LogP contribution in [0.5, 0.6) is 0 Å². The lowest BCUT2D eigenvalue weighted by molar-refractivity contribution is -0.131. The third-order valence-electron chi connectivity index (χ3n) is 4.26. The molecule has 24 heavy (non-hydrogen) atoms. The first kappa shape index (κ1) is 16.1. The van der Waals surface area contributed by atoms with Crippen LogP contribution >= 0.6 is 0 Å². The van der Waals surface area contributed by atoms with Crippen molar-refractivity contribution in [3.05, 3.63) is 48.4 Å². The number of likely N-dealkylation sites (tertiary alicyclic amines) is 1. The number of amides is 2. The summed E-state index contributed by atoms with van der Waals surface area (Å²) in [6.45, 7) is 2.88. The molecule has 0 radical (unpaired) electrons. The van der Waals surface area contributed by atoms with Crippen LogP contribution in [0.25, 0.3) is 11.3 Å². The van der Waals surface area contributed by atoms with Crippen LogP contribution < -0.4 is 5.32 Å². The van der Waals surface area contributed by atoms with E-state index in [1.165, 1.54) is 12.5 Å². The molecule has 1 aliphatic rings. The Kier molecular flexibility index (Phi) is 4.84. The Labute approximate surface area is 140 Å². The van der Waals surface area contributed by atoms with Gasteiger partial charge in [-0.15, -0.1) is 0 Å². The molecule has 1 saturated heterocycles. The number of aromatic nitrogens is 2. The number of pyridine rings is 2. The van der Waals surface area contributed by atoms with Crippen molar-refractivity contribution in [2.24, 2.45) is 0 Å². The van der Waals surface area contributed by atoms with E-state index in [0.717, 1.165) is 24.2 Å². The Balaban J connectivity index is 1.68. The molecule has 1 N–H and O–H groups in total. The van der Waals surface area contributed by atoms with Gasteiger partial charge in [0, 0.05) is 50.1 Å². The van der Waals surface area contributed by atoms with E-state index in [4.69, 9.17) is 0 Å². The number of hydrogen-bond donors (Lipinski definition) is 1. The van der Waals surface area contributed by atoms with Crippen molar-refractivity contribution in [3.63, 3.8) is 0 Å². The summed E-state index contributed by atoms with van der Waals surface area (Å²) in [4.78, 5) is 33.3. The molecule has 2 amide bonds. The molecule has 0 bridgehead atoms. The van der Waals surface area contributed by atoms with Crippen LogP contribution in [0.3, 0.4) is 0 Å². The Bertz CT molecular complexity index is 733. The van der Waals surface area contributed by atoms with Gasteiger partial charge in [-0.25, -0.2) is 0 Å². The first-order chi connectivity index (χ1) is 11.6. The second kappa shape index (κ2) is 7.21. The molecule has 2 aromatic heterocycles. The van der Waals surface area contributed by atoms with Crippen LogP contribution in [-0.4, -0.2) is 46.3 Å². The average Bonchev–Trinajstić information content (AvgIpc) is 3.11. The average molecular weight is 324 g/mol. The summed E-state index contributed by atoms with van der Waals surface area (Å²) < 4.78 is 0. The van der Waals surface area contributed by atoms with Crippen LogP contribution in [-0.2, 0) is 9.59 Å². The zero-order valence-electron chi connectivity index (χ0n) is 13.6. The quantitative estimate of drug-likeness (QED) is 0.927. The lowest BCUT2D eigenvalue weighted by Gasteiger charge is -2.17. The molecule has 0 aromatic carbocycles. The third-order valence-corrected chi connectivity index (χ3v) is 4.26. The van der Waals surface area contributed by atoms with Crippen LogP contribution in [0.1, 0.15) is 24.8 Å². The standard InChI is InChI=1S/C18H20N4O2/c1-13(23)21-11-18(24)22-9-5-16(12-22)15-4-8-20-17(10-15)14-2-6-19-7-3-14/h2-4,6-8,10,16H,5,9,11-12H2,1H3,(H,21,23)/t16-/m1/s1. The fraction of sp³-hybridized carbons (Fsp3) is 0.333. The zero-order valence-corrected chi connectivity index (χ0v) is 13.6. The van der Waals surface area contributed by atoms with Gasteiger partial charge in [0.2, 0.25) is 11.8 Å².